The van der Waals surface area contributed by atoms with Crippen LogP contribution in [0.15, 0.2) is 30.3 Å². The van der Waals surface area contributed by atoms with E-state index in [0.29, 0.717) is 18.3 Å². The number of aryl methyl sites for hydroxylation is 1. The van der Waals surface area contributed by atoms with Crippen molar-refractivity contribution >= 4 is 0 Å². The van der Waals surface area contributed by atoms with Gasteiger partial charge in [-0.3, -0.25) is 0 Å². The van der Waals surface area contributed by atoms with Gasteiger partial charge < -0.3 is 14.4 Å². The number of hydrogen-bond donors (Lipinski definition) is 0. The largest absolute Gasteiger partial charge is 0.497 e. The molecule has 25 heavy (non-hydrogen) atoms. The molecule has 0 saturated carbocycles. The van der Waals surface area contributed by atoms with Crippen LogP contribution in [0.1, 0.15) is 31.4 Å². The Morgan fingerprint density at radius 3 is 2.52 bits per heavy atom. The van der Waals surface area contributed by atoms with E-state index in [0.717, 1.165) is 30.0 Å². The first-order chi connectivity index (χ1) is 12.2. The Kier molecular flexibility index (Phi) is 6.23. The summed E-state index contributed by atoms with van der Waals surface area (Å²) in [7, 11) is 1.66. The second kappa shape index (κ2) is 8.81. The third-order valence-electron chi connectivity index (χ3n) is 4.50. The highest BCUT2D eigenvalue weighted by Gasteiger charge is 2.10. The van der Waals surface area contributed by atoms with Crippen LogP contribution in [0, 0.1) is 6.92 Å². The Morgan fingerprint density at radius 1 is 1.04 bits per heavy atom. The van der Waals surface area contributed by atoms with E-state index in [9.17, 15) is 0 Å². The molecule has 0 unspecified atom stereocenters. The Bertz CT molecular complexity index is 667. The van der Waals surface area contributed by atoms with Gasteiger partial charge in [-0.2, -0.15) is 4.98 Å². The van der Waals surface area contributed by atoms with Gasteiger partial charge in [0.2, 0.25) is 5.88 Å². The van der Waals surface area contributed by atoms with Crippen LogP contribution in [0.2, 0.25) is 0 Å². The molecule has 0 atom stereocenters. The molecule has 1 aliphatic heterocycles. The number of ether oxygens (including phenoxy) is 2. The molecule has 1 aromatic heterocycles. The highest BCUT2D eigenvalue weighted by atomic mass is 16.5. The van der Waals surface area contributed by atoms with Gasteiger partial charge in [0.1, 0.15) is 5.75 Å². The first-order valence-electron chi connectivity index (χ1n) is 9.10. The molecule has 0 amide bonds. The van der Waals surface area contributed by atoms with E-state index < -0.39 is 0 Å². The van der Waals surface area contributed by atoms with Gasteiger partial charge in [-0.1, -0.05) is 6.42 Å². The van der Waals surface area contributed by atoms with Crippen LogP contribution in [-0.4, -0.2) is 48.2 Å². The average molecular weight is 341 g/mol. The van der Waals surface area contributed by atoms with Crippen molar-refractivity contribution in [3.63, 3.8) is 0 Å². The van der Waals surface area contributed by atoms with Gasteiger partial charge in [0.05, 0.1) is 13.7 Å². The second-order valence-electron chi connectivity index (χ2n) is 6.50. The maximum Gasteiger partial charge on any atom is 0.217 e. The highest BCUT2D eigenvalue weighted by molar-refractivity contribution is 5.56. The third kappa shape index (κ3) is 5.16. The van der Waals surface area contributed by atoms with Gasteiger partial charge in [0.25, 0.3) is 0 Å². The molecule has 1 saturated heterocycles. The van der Waals surface area contributed by atoms with Crippen molar-refractivity contribution < 1.29 is 9.47 Å². The first kappa shape index (κ1) is 17.7. The standard InChI is InChI=1S/C20H27N3O2/c1-16-15-19(25-14-6-13-23-11-4-3-5-12-23)22-20(21-16)17-7-9-18(24-2)10-8-17/h7-10,15H,3-6,11-14H2,1-2H3. The fraction of sp³-hybridized carbons (Fsp3) is 0.500. The molecule has 0 bridgehead atoms. The smallest absolute Gasteiger partial charge is 0.217 e. The quantitative estimate of drug-likeness (QED) is 0.719. The van der Waals surface area contributed by atoms with Crippen molar-refractivity contribution in [3.8, 4) is 23.0 Å². The zero-order chi connectivity index (χ0) is 17.5. The van der Waals surface area contributed by atoms with Crippen molar-refractivity contribution in [1.82, 2.24) is 14.9 Å². The number of benzene rings is 1. The van der Waals surface area contributed by atoms with E-state index in [1.54, 1.807) is 7.11 Å². The maximum absolute atomic E-state index is 5.88. The molecule has 1 aliphatic rings. The van der Waals surface area contributed by atoms with Crippen LogP contribution in [0.25, 0.3) is 11.4 Å². The normalized spacial score (nSPS) is 15.1. The first-order valence-corrected chi connectivity index (χ1v) is 9.10. The third-order valence-corrected chi connectivity index (χ3v) is 4.50. The van der Waals surface area contributed by atoms with Gasteiger partial charge in [-0.15, -0.1) is 0 Å². The van der Waals surface area contributed by atoms with Crippen molar-refractivity contribution in [3.05, 3.63) is 36.0 Å². The minimum absolute atomic E-state index is 0.650. The maximum atomic E-state index is 5.88. The van der Waals surface area contributed by atoms with E-state index >= 15 is 0 Å². The summed E-state index contributed by atoms with van der Waals surface area (Å²) < 4.78 is 11.1. The molecule has 3 rings (SSSR count). The average Bonchev–Trinajstić information content (AvgIpc) is 2.66. The molecule has 1 fully saturated rings. The van der Waals surface area contributed by atoms with Crippen LogP contribution >= 0.6 is 0 Å². The van der Waals surface area contributed by atoms with Crippen molar-refractivity contribution in [1.29, 1.82) is 0 Å². The molecule has 2 heterocycles. The minimum atomic E-state index is 0.650. The fourth-order valence-electron chi connectivity index (χ4n) is 3.13. The zero-order valence-electron chi connectivity index (χ0n) is 15.2. The summed E-state index contributed by atoms with van der Waals surface area (Å²) in [5.74, 6) is 2.16. The number of piperidine rings is 1. The fourth-order valence-corrected chi connectivity index (χ4v) is 3.13. The van der Waals surface area contributed by atoms with Crippen molar-refractivity contribution in [2.75, 3.05) is 33.4 Å². The molecule has 5 nitrogen and oxygen atoms in total. The van der Waals surface area contributed by atoms with Gasteiger partial charge >= 0.3 is 0 Å². The Labute approximate surface area is 150 Å². The molecule has 134 valence electrons. The van der Waals surface area contributed by atoms with Crippen molar-refractivity contribution in [2.24, 2.45) is 0 Å². The number of rotatable bonds is 7. The molecule has 5 heteroatoms. The minimum Gasteiger partial charge on any atom is -0.497 e. The predicted molar refractivity (Wildman–Crippen MR) is 99.2 cm³/mol. The molecular formula is C20H27N3O2. The highest BCUT2D eigenvalue weighted by Crippen LogP contribution is 2.22. The zero-order valence-corrected chi connectivity index (χ0v) is 15.2. The summed E-state index contributed by atoms with van der Waals surface area (Å²) in [6, 6.07) is 9.66. The predicted octanol–water partition coefficient (Wildman–Crippen LogP) is 3.72. The Morgan fingerprint density at radius 2 is 1.80 bits per heavy atom. The van der Waals surface area contributed by atoms with Gasteiger partial charge in [0, 0.05) is 23.9 Å². The number of aromatic nitrogens is 2. The molecular weight excluding hydrogens is 314 g/mol. The number of hydrogen-bond acceptors (Lipinski definition) is 5. The SMILES string of the molecule is COc1ccc(-c2nc(C)cc(OCCCN3CCCCC3)n2)cc1. The van der Waals surface area contributed by atoms with E-state index in [-0.39, 0.29) is 0 Å². The molecule has 0 N–H and O–H groups in total. The van der Waals surface area contributed by atoms with Crippen LogP contribution in [0.4, 0.5) is 0 Å². The Balaban J connectivity index is 1.57. The van der Waals surface area contributed by atoms with Crippen LogP contribution < -0.4 is 9.47 Å². The van der Waals surface area contributed by atoms with Gasteiger partial charge in [-0.25, -0.2) is 4.98 Å². The monoisotopic (exact) mass is 341 g/mol. The van der Waals surface area contributed by atoms with Gasteiger partial charge in [-0.05, 0) is 63.5 Å². The van der Waals surface area contributed by atoms with E-state index in [1.807, 2.05) is 37.3 Å². The second-order valence-corrected chi connectivity index (χ2v) is 6.50. The lowest BCUT2D eigenvalue weighted by atomic mass is 10.1. The summed E-state index contributed by atoms with van der Waals surface area (Å²) in [6.07, 6.45) is 5.07. The molecule has 2 aromatic rings. The summed E-state index contributed by atoms with van der Waals surface area (Å²) in [6.45, 7) is 6.22. The number of methoxy groups -OCH3 is 1. The van der Waals surface area contributed by atoms with Crippen LogP contribution in [0.5, 0.6) is 11.6 Å². The number of nitrogens with zero attached hydrogens (tertiary/aromatic N) is 3. The number of likely N-dealkylation sites (tertiary alicyclic amines) is 1. The Hall–Kier alpha value is -2.14. The summed E-state index contributed by atoms with van der Waals surface area (Å²) in [5.41, 5.74) is 1.87. The van der Waals surface area contributed by atoms with Crippen molar-refractivity contribution in [2.45, 2.75) is 32.6 Å². The molecule has 0 radical (unpaired) electrons. The van der Waals surface area contributed by atoms with Crippen LogP contribution in [-0.2, 0) is 0 Å². The van der Waals surface area contributed by atoms with Gasteiger partial charge in [0.15, 0.2) is 5.82 Å². The van der Waals surface area contributed by atoms with Crippen LogP contribution in [0.3, 0.4) is 0 Å². The lowest BCUT2D eigenvalue weighted by Crippen LogP contribution is -2.31. The van der Waals surface area contributed by atoms with E-state index in [4.69, 9.17) is 9.47 Å². The lowest BCUT2D eigenvalue weighted by molar-refractivity contribution is 0.203. The summed E-state index contributed by atoms with van der Waals surface area (Å²) in [4.78, 5) is 11.6. The van der Waals surface area contributed by atoms with E-state index in [2.05, 4.69) is 14.9 Å². The van der Waals surface area contributed by atoms with E-state index in [1.165, 1.54) is 32.4 Å². The lowest BCUT2D eigenvalue weighted by Gasteiger charge is -2.26. The molecule has 1 aromatic carbocycles. The molecule has 0 spiro atoms. The summed E-state index contributed by atoms with van der Waals surface area (Å²) >= 11 is 0. The molecule has 0 aliphatic carbocycles. The summed E-state index contributed by atoms with van der Waals surface area (Å²) in [5, 5.41) is 0. The topological polar surface area (TPSA) is 47.5 Å².